The molecule has 4 rings (SSSR count). The molecule has 1 saturated heterocycles. The molecule has 1 saturated carbocycles. The lowest BCUT2D eigenvalue weighted by molar-refractivity contribution is 0.129. The number of rotatable bonds is 5. The van der Waals surface area contributed by atoms with Crippen molar-refractivity contribution < 1.29 is 9.13 Å². The van der Waals surface area contributed by atoms with E-state index in [-0.39, 0.29) is 5.82 Å². The van der Waals surface area contributed by atoms with Gasteiger partial charge in [-0.3, -0.25) is 4.57 Å². The van der Waals surface area contributed by atoms with Gasteiger partial charge in [0.25, 0.3) is 0 Å². The largest absolute Gasteiger partial charge is 0.377 e. The number of nitrogens with zero attached hydrogens (tertiary/aromatic N) is 3. The van der Waals surface area contributed by atoms with Crippen LogP contribution in [0, 0.1) is 5.82 Å². The zero-order valence-electron chi connectivity index (χ0n) is 12.2. The van der Waals surface area contributed by atoms with Crippen molar-refractivity contribution in [3.05, 3.63) is 30.1 Å². The van der Waals surface area contributed by atoms with E-state index in [0.717, 1.165) is 43.2 Å². The Morgan fingerprint density at radius 1 is 1.23 bits per heavy atom. The predicted octanol–water partition coefficient (Wildman–Crippen LogP) is 3.69. The molecule has 1 aliphatic carbocycles. The van der Waals surface area contributed by atoms with Crippen LogP contribution >= 0.6 is 11.8 Å². The SMILES string of the molecule is Fc1ccccc1-c1nnc(SCC2CCCO2)n1C1CC1. The maximum atomic E-state index is 14.1. The first-order chi connectivity index (χ1) is 10.8. The predicted molar refractivity (Wildman–Crippen MR) is 83.4 cm³/mol. The van der Waals surface area contributed by atoms with Gasteiger partial charge in [0.1, 0.15) is 5.82 Å². The van der Waals surface area contributed by atoms with Crippen LogP contribution in [0.3, 0.4) is 0 Å². The summed E-state index contributed by atoms with van der Waals surface area (Å²) in [5.41, 5.74) is 0.533. The summed E-state index contributed by atoms with van der Waals surface area (Å²) in [6, 6.07) is 7.19. The minimum absolute atomic E-state index is 0.243. The third kappa shape index (κ3) is 2.77. The second kappa shape index (κ2) is 6.01. The molecular weight excluding hydrogens is 301 g/mol. The van der Waals surface area contributed by atoms with Crippen LogP contribution in [-0.2, 0) is 4.74 Å². The zero-order chi connectivity index (χ0) is 14.9. The first-order valence-corrected chi connectivity index (χ1v) is 8.75. The third-order valence-electron chi connectivity index (χ3n) is 4.11. The van der Waals surface area contributed by atoms with E-state index in [0.29, 0.717) is 23.5 Å². The van der Waals surface area contributed by atoms with Crippen LogP contribution in [0.1, 0.15) is 31.7 Å². The maximum absolute atomic E-state index is 14.1. The number of benzene rings is 1. The van der Waals surface area contributed by atoms with E-state index in [1.807, 2.05) is 6.07 Å². The summed E-state index contributed by atoms with van der Waals surface area (Å²) < 4.78 is 21.8. The van der Waals surface area contributed by atoms with Crippen LogP contribution in [0.2, 0.25) is 0 Å². The first-order valence-electron chi connectivity index (χ1n) is 7.77. The summed E-state index contributed by atoms with van der Waals surface area (Å²) in [6.45, 7) is 0.862. The Labute approximate surface area is 133 Å². The van der Waals surface area contributed by atoms with Gasteiger partial charge in [-0.15, -0.1) is 10.2 Å². The van der Waals surface area contributed by atoms with Gasteiger partial charge in [-0.25, -0.2) is 4.39 Å². The number of hydrogen-bond donors (Lipinski definition) is 0. The molecule has 22 heavy (non-hydrogen) atoms. The maximum Gasteiger partial charge on any atom is 0.191 e. The molecule has 0 N–H and O–H groups in total. The van der Waals surface area contributed by atoms with Crippen LogP contribution in [0.25, 0.3) is 11.4 Å². The third-order valence-corrected chi connectivity index (χ3v) is 5.19. The topological polar surface area (TPSA) is 39.9 Å². The molecule has 1 aromatic heterocycles. The van der Waals surface area contributed by atoms with Crippen molar-refractivity contribution in [3.63, 3.8) is 0 Å². The second-order valence-electron chi connectivity index (χ2n) is 5.83. The monoisotopic (exact) mass is 319 g/mol. The molecule has 0 spiro atoms. The Morgan fingerprint density at radius 3 is 2.82 bits per heavy atom. The van der Waals surface area contributed by atoms with E-state index in [2.05, 4.69) is 14.8 Å². The zero-order valence-corrected chi connectivity index (χ0v) is 13.1. The average Bonchev–Trinajstić information content (AvgIpc) is 3.08. The highest BCUT2D eigenvalue weighted by molar-refractivity contribution is 7.99. The van der Waals surface area contributed by atoms with Crippen molar-refractivity contribution in [2.45, 2.75) is 43.0 Å². The number of thioether (sulfide) groups is 1. The number of halogens is 1. The van der Waals surface area contributed by atoms with Crippen LogP contribution in [-0.4, -0.2) is 33.2 Å². The molecule has 1 unspecified atom stereocenters. The van der Waals surface area contributed by atoms with Gasteiger partial charge < -0.3 is 4.74 Å². The highest BCUT2D eigenvalue weighted by Crippen LogP contribution is 2.41. The highest BCUT2D eigenvalue weighted by Gasteiger charge is 2.31. The molecule has 1 aromatic carbocycles. The number of aromatic nitrogens is 3. The fraction of sp³-hybridized carbons (Fsp3) is 0.500. The molecule has 0 bridgehead atoms. The summed E-state index contributed by atoms with van der Waals surface area (Å²) in [4.78, 5) is 0. The fourth-order valence-electron chi connectivity index (χ4n) is 2.81. The van der Waals surface area contributed by atoms with Gasteiger partial charge >= 0.3 is 0 Å². The van der Waals surface area contributed by atoms with E-state index < -0.39 is 0 Å². The van der Waals surface area contributed by atoms with E-state index in [4.69, 9.17) is 4.74 Å². The van der Waals surface area contributed by atoms with Crippen molar-refractivity contribution >= 4 is 11.8 Å². The van der Waals surface area contributed by atoms with Crippen molar-refractivity contribution in [2.24, 2.45) is 0 Å². The van der Waals surface area contributed by atoms with E-state index in [9.17, 15) is 4.39 Å². The molecule has 0 radical (unpaired) electrons. The second-order valence-corrected chi connectivity index (χ2v) is 6.82. The van der Waals surface area contributed by atoms with Gasteiger partial charge in [0.15, 0.2) is 11.0 Å². The molecule has 1 atom stereocenters. The van der Waals surface area contributed by atoms with Gasteiger partial charge in [-0.1, -0.05) is 23.9 Å². The standard InChI is InChI=1S/C16H18FN3OS/c17-14-6-2-1-5-13(14)15-18-19-16(20(15)11-7-8-11)22-10-12-4-3-9-21-12/h1-2,5-6,11-12H,3-4,7-10H2. The van der Waals surface area contributed by atoms with Gasteiger partial charge in [0.2, 0.25) is 0 Å². The smallest absolute Gasteiger partial charge is 0.191 e. The molecule has 2 aromatic rings. The van der Waals surface area contributed by atoms with E-state index in [1.165, 1.54) is 6.07 Å². The van der Waals surface area contributed by atoms with Gasteiger partial charge in [0, 0.05) is 18.4 Å². The molecule has 4 nitrogen and oxygen atoms in total. The Balaban J connectivity index is 1.61. The Hall–Kier alpha value is -1.40. The van der Waals surface area contributed by atoms with Crippen LogP contribution in [0.15, 0.2) is 29.4 Å². The van der Waals surface area contributed by atoms with Crippen molar-refractivity contribution in [1.82, 2.24) is 14.8 Å². The molecule has 1 aliphatic heterocycles. The molecular formula is C16H18FN3OS. The van der Waals surface area contributed by atoms with E-state index >= 15 is 0 Å². The molecule has 116 valence electrons. The van der Waals surface area contributed by atoms with Crippen molar-refractivity contribution in [2.75, 3.05) is 12.4 Å². The Kier molecular flexibility index (Phi) is 3.88. The number of hydrogen-bond acceptors (Lipinski definition) is 4. The van der Waals surface area contributed by atoms with Crippen LogP contribution in [0.4, 0.5) is 4.39 Å². The molecule has 0 amide bonds. The van der Waals surface area contributed by atoms with Gasteiger partial charge in [0.05, 0.1) is 11.7 Å². The van der Waals surface area contributed by atoms with Crippen LogP contribution in [0.5, 0.6) is 0 Å². The highest BCUT2D eigenvalue weighted by atomic mass is 32.2. The van der Waals surface area contributed by atoms with Crippen molar-refractivity contribution in [3.8, 4) is 11.4 Å². The summed E-state index contributed by atoms with van der Waals surface area (Å²) >= 11 is 1.68. The van der Waals surface area contributed by atoms with Gasteiger partial charge in [-0.2, -0.15) is 0 Å². The average molecular weight is 319 g/mol. The quantitative estimate of drug-likeness (QED) is 0.788. The molecule has 2 aliphatic rings. The normalized spacial score (nSPS) is 21.4. The van der Waals surface area contributed by atoms with Crippen molar-refractivity contribution in [1.29, 1.82) is 0 Å². The lowest BCUT2D eigenvalue weighted by Gasteiger charge is -2.11. The summed E-state index contributed by atoms with van der Waals surface area (Å²) in [5, 5.41) is 9.46. The molecule has 2 heterocycles. The molecule has 6 heteroatoms. The summed E-state index contributed by atoms with van der Waals surface area (Å²) in [7, 11) is 0. The Bertz CT molecular complexity index is 665. The van der Waals surface area contributed by atoms with Gasteiger partial charge in [-0.05, 0) is 37.8 Å². The lowest BCUT2D eigenvalue weighted by Crippen LogP contribution is -2.09. The minimum atomic E-state index is -0.243. The summed E-state index contributed by atoms with van der Waals surface area (Å²) in [5.74, 6) is 1.30. The first kappa shape index (κ1) is 14.2. The summed E-state index contributed by atoms with van der Waals surface area (Å²) in [6.07, 6.45) is 4.80. The van der Waals surface area contributed by atoms with E-state index in [1.54, 1.807) is 23.9 Å². The fourth-order valence-corrected chi connectivity index (χ4v) is 3.88. The number of ether oxygens (including phenoxy) is 1. The Morgan fingerprint density at radius 2 is 2.09 bits per heavy atom. The molecule has 2 fully saturated rings. The lowest BCUT2D eigenvalue weighted by atomic mass is 10.2. The minimum Gasteiger partial charge on any atom is -0.377 e. The van der Waals surface area contributed by atoms with Crippen LogP contribution < -0.4 is 0 Å².